The molecule has 206 valence electrons. The molecule has 0 radical (unpaired) electrons. The minimum atomic E-state index is -0.809. The molecule has 0 fully saturated rings. The number of aliphatic imine (C=N–C) groups is 1. The van der Waals surface area contributed by atoms with Crippen molar-refractivity contribution in [3.05, 3.63) is 70.1 Å². The van der Waals surface area contributed by atoms with Gasteiger partial charge in [0.2, 0.25) is 5.91 Å². The van der Waals surface area contributed by atoms with Crippen LogP contribution in [0.1, 0.15) is 55.2 Å². The molecule has 0 bridgehead atoms. The lowest BCUT2D eigenvalue weighted by Crippen LogP contribution is -2.41. The summed E-state index contributed by atoms with van der Waals surface area (Å²) >= 11 is 0. The summed E-state index contributed by atoms with van der Waals surface area (Å²) in [6.07, 6.45) is 1.93. The van der Waals surface area contributed by atoms with E-state index >= 15 is 0 Å². The van der Waals surface area contributed by atoms with Crippen LogP contribution >= 0.6 is 0 Å². The average molecular weight is 535 g/mol. The quantitative estimate of drug-likeness (QED) is 0.0727. The molecule has 0 aromatic heterocycles. The second-order valence-corrected chi connectivity index (χ2v) is 8.56. The number of esters is 1. The molecule has 0 saturated heterocycles. The monoisotopic (exact) mass is 534 g/mol. The van der Waals surface area contributed by atoms with E-state index in [9.17, 15) is 18.4 Å². The maximum absolute atomic E-state index is 14.5. The fourth-order valence-corrected chi connectivity index (χ4v) is 4.42. The highest BCUT2D eigenvalue weighted by atomic mass is 19.1. The molecule has 0 aliphatic carbocycles. The summed E-state index contributed by atoms with van der Waals surface area (Å²) in [7, 11) is 1.25. The summed E-state index contributed by atoms with van der Waals surface area (Å²) in [5, 5.41) is 13.8. The van der Waals surface area contributed by atoms with Crippen molar-refractivity contribution in [1.82, 2.24) is 5.32 Å². The third-order valence-electron chi connectivity index (χ3n) is 6.03. The Morgan fingerprint density at radius 3 is 2.50 bits per heavy atom. The zero-order valence-corrected chi connectivity index (χ0v) is 20.9. The number of methoxy groups -OCH3 is 1. The summed E-state index contributed by atoms with van der Waals surface area (Å²) < 4.78 is 33.2. The Bertz CT molecular complexity index is 1110. The Hall–Kier alpha value is -4.29. The number of halogens is 2. The number of hydrogen-bond donors (Lipinski definition) is 5. The summed E-state index contributed by atoms with van der Waals surface area (Å²) in [4.78, 5) is 36.6. The summed E-state index contributed by atoms with van der Waals surface area (Å²) in [5.41, 5.74) is 12.4. The number of benzene rings is 2. The SMILES string of the molecule is COC(=O)C(CCCN=C(N)N)NC(=O)CCCC1c2cc(F)cc(F)c2NC1c1ccccc1.O=NO. The number of carbonyl (C=O) groups excluding carboxylic acids is 2. The molecular weight excluding hydrogens is 502 g/mol. The zero-order chi connectivity index (χ0) is 28.1. The molecule has 3 rings (SSSR count). The third kappa shape index (κ3) is 8.68. The van der Waals surface area contributed by atoms with Crippen LogP contribution in [-0.4, -0.2) is 42.7 Å². The highest BCUT2D eigenvalue weighted by Gasteiger charge is 2.35. The normalized spacial score (nSPS) is 16.1. The van der Waals surface area contributed by atoms with Gasteiger partial charge in [-0.15, -0.1) is 4.91 Å². The molecule has 3 unspecified atom stereocenters. The first-order valence-electron chi connectivity index (χ1n) is 11.9. The van der Waals surface area contributed by atoms with Gasteiger partial charge < -0.3 is 32.0 Å². The second-order valence-electron chi connectivity index (χ2n) is 8.56. The number of hydrogen-bond acceptors (Lipinski definition) is 7. The molecule has 1 aliphatic rings. The van der Waals surface area contributed by atoms with Crippen molar-refractivity contribution in [1.29, 1.82) is 0 Å². The Morgan fingerprint density at radius 1 is 1.18 bits per heavy atom. The van der Waals surface area contributed by atoms with Gasteiger partial charge in [-0.25, -0.2) is 13.6 Å². The first kappa shape index (κ1) is 29.9. The van der Waals surface area contributed by atoms with E-state index in [1.54, 1.807) is 0 Å². The molecular formula is C25H32F2N6O5. The standard InChI is InChI=1S/C25H31F2N5O3.HNO2/c1-35-24(34)20(10-6-12-30-25(28)29)31-21(33)11-5-9-17-18-13-16(26)14-19(27)23(18)32-22(17)15-7-3-2-4-8-15;2-1-3/h2-4,7-8,13-14,17,20,22,32H,5-6,9-12H2,1H3,(H,31,33)(H4,28,29,30);(H,2,3). The molecule has 38 heavy (non-hydrogen) atoms. The second kappa shape index (κ2) is 15.1. The van der Waals surface area contributed by atoms with Crippen molar-refractivity contribution >= 4 is 23.5 Å². The molecule has 1 heterocycles. The van der Waals surface area contributed by atoms with E-state index in [0.717, 1.165) is 11.6 Å². The summed E-state index contributed by atoms with van der Waals surface area (Å²) in [6, 6.07) is 10.7. The number of amides is 1. The van der Waals surface area contributed by atoms with Gasteiger partial charge in [0, 0.05) is 24.9 Å². The zero-order valence-electron chi connectivity index (χ0n) is 20.9. The van der Waals surface area contributed by atoms with Gasteiger partial charge in [-0.3, -0.25) is 9.79 Å². The van der Waals surface area contributed by atoms with Crippen LogP contribution < -0.4 is 22.1 Å². The van der Waals surface area contributed by atoms with Crippen LogP contribution in [0.5, 0.6) is 0 Å². The third-order valence-corrected chi connectivity index (χ3v) is 6.03. The van der Waals surface area contributed by atoms with E-state index < -0.39 is 23.6 Å². The maximum Gasteiger partial charge on any atom is 0.328 e. The molecule has 1 amide bonds. The lowest BCUT2D eigenvalue weighted by atomic mass is 9.86. The van der Waals surface area contributed by atoms with E-state index in [1.807, 2.05) is 30.3 Å². The molecule has 1 aliphatic heterocycles. The fraction of sp³-hybridized carbons (Fsp3) is 0.400. The Kier molecular flexibility index (Phi) is 11.9. The van der Waals surface area contributed by atoms with Crippen LogP contribution in [0.3, 0.4) is 0 Å². The number of rotatable bonds is 11. The molecule has 0 saturated carbocycles. The smallest absolute Gasteiger partial charge is 0.328 e. The van der Waals surface area contributed by atoms with Gasteiger partial charge in [0.1, 0.15) is 17.7 Å². The van der Waals surface area contributed by atoms with Crippen molar-refractivity contribution in [3.63, 3.8) is 0 Å². The number of nitrogens with two attached hydrogens (primary N) is 2. The van der Waals surface area contributed by atoms with Crippen molar-refractivity contribution in [2.75, 3.05) is 19.0 Å². The van der Waals surface area contributed by atoms with Gasteiger partial charge in [-0.1, -0.05) is 30.3 Å². The Morgan fingerprint density at radius 2 is 1.87 bits per heavy atom. The number of nitrogens with one attached hydrogen (secondary N) is 2. The first-order chi connectivity index (χ1) is 18.2. The number of carbonyl (C=O) groups is 2. The average Bonchev–Trinajstić information content (AvgIpc) is 3.25. The van der Waals surface area contributed by atoms with Gasteiger partial charge in [0.15, 0.2) is 11.3 Å². The van der Waals surface area contributed by atoms with Crippen LogP contribution in [-0.2, 0) is 14.3 Å². The van der Waals surface area contributed by atoms with Gasteiger partial charge >= 0.3 is 5.97 Å². The molecule has 3 atom stereocenters. The van der Waals surface area contributed by atoms with Crippen LogP contribution in [0.4, 0.5) is 14.5 Å². The minimum Gasteiger partial charge on any atom is -0.467 e. The van der Waals surface area contributed by atoms with E-state index in [2.05, 4.69) is 15.6 Å². The molecule has 0 spiro atoms. The number of fused-ring (bicyclic) bond motifs is 1. The number of nitrogens with zero attached hydrogens (tertiary/aromatic N) is 2. The minimum absolute atomic E-state index is 0.0415. The van der Waals surface area contributed by atoms with Crippen LogP contribution in [0, 0.1) is 16.5 Å². The van der Waals surface area contributed by atoms with Crippen LogP contribution in [0.25, 0.3) is 0 Å². The molecule has 2 aromatic rings. The Labute approximate surface area is 218 Å². The largest absolute Gasteiger partial charge is 0.467 e. The maximum atomic E-state index is 14.5. The predicted molar refractivity (Wildman–Crippen MR) is 137 cm³/mol. The van der Waals surface area contributed by atoms with Crippen LogP contribution in [0.15, 0.2) is 52.8 Å². The highest BCUT2D eigenvalue weighted by molar-refractivity contribution is 5.84. The first-order valence-corrected chi connectivity index (χ1v) is 11.9. The molecule has 11 nitrogen and oxygen atoms in total. The van der Waals surface area contributed by atoms with Gasteiger partial charge in [-0.2, -0.15) is 0 Å². The van der Waals surface area contributed by atoms with Crippen molar-refractivity contribution in [3.8, 4) is 0 Å². The highest BCUT2D eigenvalue weighted by Crippen LogP contribution is 2.47. The van der Waals surface area contributed by atoms with Gasteiger partial charge in [-0.05, 0) is 42.9 Å². The van der Waals surface area contributed by atoms with Crippen LogP contribution in [0.2, 0.25) is 0 Å². The van der Waals surface area contributed by atoms with Gasteiger partial charge in [0.25, 0.3) is 0 Å². The van der Waals surface area contributed by atoms with Crippen molar-refractivity contribution in [2.24, 2.45) is 21.8 Å². The number of guanidine groups is 1. The molecule has 13 heteroatoms. The topological polar surface area (TPSA) is 181 Å². The summed E-state index contributed by atoms with van der Waals surface area (Å²) in [6.45, 7) is 0.327. The predicted octanol–water partition coefficient (Wildman–Crippen LogP) is 3.24. The molecule has 7 N–H and O–H groups in total. The van der Waals surface area contributed by atoms with Crippen molar-refractivity contribution in [2.45, 2.75) is 50.1 Å². The lowest BCUT2D eigenvalue weighted by Gasteiger charge is -2.21. The fourth-order valence-electron chi connectivity index (χ4n) is 4.42. The molecule has 2 aromatic carbocycles. The van der Waals surface area contributed by atoms with Crippen molar-refractivity contribution < 1.29 is 28.3 Å². The number of anilines is 1. The Balaban J connectivity index is 0.00000161. The van der Waals surface area contributed by atoms with Gasteiger partial charge in [0.05, 0.1) is 18.8 Å². The summed E-state index contributed by atoms with van der Waals surface area (Å²) in [5.74, 6) is -2.40. The number of ether oxygens (including phenoxy) is 1. The van der Waals surface area contributed by atoms with E-state index in [4.69, 9.17) is 26.3 Å². The van der Waals surface area contributed by atoms with E-state index in [-0.39, 0.29) is 30.2 Å². The van der Waals surface area contributed by atoms with E-state index in [0.29, 0.717) is 43.5 Å². The van der Waals surface area contributed by atoms with E-state index in [1.165, 1.54) is 18.5 Å². The lowest BCUT2D eigenvalue weighted by molar-refractivity contribution is -0.145.